The summed E-state index contributed by atoms with van der Waals surface area (Å²) in [5, 5.41) is 0.274. The Bertz CT molecular complexity index is 165. The average Bonchev–Trinajstić information content (AvgIpc) is 2.05. The highest BCUT2D eigenvalue weighted by Gasteiger charge is 1.85. The predicted octanol–water partition coefficient (Wildman–Crippen LogP) is 1.31. The van der Waals surface area contributed by atoms with Crippen LogP contribution in [0.15, 0.2) is 0 Å². The summed E-state index contributed by atoms with van der Waals surface area (Å²) >= 11 is 8.81. The molecular weight excluding hydrogens is 220 g/mol. The van der Waals surface area contributed by atoms with Crippen molar-refractivity contribution in [2.45, 2.75) is 26.7 Å². The van der Waals surface area contributed by atoms with Gasteiger partial charge in [0.1, 0.15) is 0 Å². The number of rotatable bonds is 4. The Morgan fingerprint density at radius 3 is 1.79 bits per heavy atom. The zero-order chi connectivity index (χ0) is 11.4. The van der Waals surface area contributed by atoms with Crippen molar-refractivity contribution < 1.29 is 9.47 Å². The van der Waals surface area contributed by atoms with Gasteiger partial charge in [-0.2, -0.15) is 0 Å². The van der Waals surface area contributed by atoms with Gasteiger partial charge in [-0.05, 0) is 37.8 Å². The molecule has 0 aromatic heterocycles. The lowest BCUT2D eigenvalue weighted by Crippen LogP contribution is -2.12. The molecule has 0 fully saturated rings. The van der Waals surface area contributed by atoms with Crippen molar-refractivity contribution in [2.24, 2.45) is 11.5 Å². The van der Waals surface area contributed by atoms with Gasteiger partial charge in [-0.3, -0.25) is 0 Å². The smallest absolute Gasteiger partial charge is 0.253 e. The average molecular weight is 238 g/mol. The quantitative estimate of drug-likeness (QED) is 0.568. The second kappa shape index (κ2) is 12.4. The predicted molar refractivity (Wildman–Crippen MR) is 66.1 cm³/mol. The maximum Gasteiger partial charge on any atom is 0.253 e. The molecule has 14 heavy (non-hydrogen) atoms. The molecule has 0 atom stereocenters. The maximum atomic E-state index is 5.04. The highest BCUT2D eigenvalue weighted by molar-refractivity contribution is 7.80. The van der Waals surface area contributed by atoms with Crippen LogP contribution in [0.3, 0.4) is 0 Å². The zero-order valence-corrected chi connectivity index (χ0v) is 10.2. The number of thiocarbonyl (C=S) groups is 2. The Hall–Kier alpha value is -0.620. The van der Waals surface area contributed by atoms with Crippen molar-refractivity contribution in [3.8, 4) is 0 Å². The monoisotopic (exact) mass is 238 g/mol. The fourth-order valence-electron chi connectivity index (χ4n) is 0.459. The molecule has 4 N–H and O–H groups in total. The van der Waals surface area contributed by atoms with Crippen molar-refractivity contribution in [1.29, 1.82) is 0 Å². The van der Waals surface area contributed by atoms with Gasteiger partial charge in [-0.25, -0.2) is 0 Å². The first kappa shape index (κ1) is 15.8. The van der Waals surface area contributed by atoms with E-state index in [0.29, 0.717) is 13.2 Å². The summed E-state index contributed by atoms with van der Waals surface area (Å²) in [6.07, 6.45) is 2.14. The van der Waals surface area contributed by atoms with E-state index in [1.165, 1.54) is 0 Å². The van der Waals surface area contributed by atoms with E-state index < -0.39 is 0 Å². The summed E-state index contributed by atoms with van der Waals surface area (Å²) in [6.45, 7) is 5.14. The Balaban J connectivity index is 0. The van der Waals surface area contributed by atoms with Crippen molar-refractivity contribution in [3.05, 3.63) is 0 Å². The second-order valence-electron chi connectivity index (χ2n) is 2.27. The highest BCUT2D eigenvalue weighted by Crippen LogP contribution is 1.86. The van der Waals surface area contributed by atoms with Crippen molar-refractivity contribution in [2.75, 3.05) is 13.2 Å². The molecule has 0 radical (unpaired) electrons. The third-order valence-electron chi connectivity index (χ3n) is 1.03. The lowest BCUT2D eigenvalue weighted by molar-refractivity contribution is 0.300. The first-order valence-electron chi connectivity index (χ1n) is 4.39. The van der Waals surface area contributed by atoms with Crippen LogP contribution in [0.2, 0.25) is 0 Å². The summed E-state index contributed by atoms with van der Waals surface area (Å²) in [5.74, 6) is 0. The van der Waals surface area contributed by atoms with Crippen molar-refractivity contribution in [3.63, 3.8) is 0 Å². The van der Waals surface area contributed by atoms with Gasteiger partial charge in [0.2, 0.25) is 0 Å². The molecule has 6 heteroatoms. The largest absolute Gasteiger partial charge is 0.472 e. The van der Waals surface area contributed by atoms with E-state index >= 15 is 0 Å². The summed E-state index contributed by atoms with van der Waals surface area (Å²) in [6, 6.07) is 0. The standard InChI is InChI=1S/C5H11NOS.C3H7NOS/c1-2-3-4-7-5(6)8;1-2-5-3(4)6/h2-4H2,1H3,(H2,6,8);2H2,1H3,(H2,4,6). The van der Waals surface area contributed by atoms with E-state index in [9.17, 15) is 0 Å². The maximum absolute atomic E-state index is 5.04. The summed E-state index contributed by atoms with van der Waals surface area (Å²) < 4.78 is 9.34. The first-order chi connectivity index (χ1) is 6.54. The van der Waals surface area contributed by atoms with E-state index in [1.807, 2.05) is 6.92 Å². The van der Waals surface area contributed by atoms with Crippen LogP contribution in [-0.2, 0) is 9.47 Å². The van der Waals surface area contributed by atoms with Gasteiger partial charge in [0.25, 0.3) is 10.3 Å². The lowest BCUT2D eigenvalue weighted by atomic mass is 10.4. The van der Waals surface area contributed by atoms with E-state index in [-0.39, 0.29) is 10.3 Å². The minimum atomic E-state index is 0.123. The molecular formula is C8H18N2O2S2. The summed E-state index contributed by atoms with van der Waals surface area (Å²) in [7, 11) is 0. The van der Waals surface area contributed by atoms with Crippen LogP contribution in [-0.4, -0.2) is 23.6 Å². The van der Waals surface area contributed by atoms with Crippen LogP contribution in [0.1, 0.15) is 26.7 Å². The van der Waals surface area contributed by atoms with Gasteiger partial charge in [-0.1, -0.05) is 13.3 Å². The Morgan fingerprint density at radius 2 is 1.57 bits per heavy atom. The SMILES string of the molecule is CCCCOC(N)=S.CCOC(N)=S. The Labute approximate surface area is 95.9 Å². The minimum Gasteiger partial charge on any atom is -0.472 e. The zero-order valence-electron chi connectivity index (χ0n) is 8.62. The molecule has 0 aliphatic rings. The number of nitrogens with two attached hydrogens (primary N) is 2. The molecule has 0 saturated heterocycles. The van der Waals surface area contributed by atoms with Crippen molar-refractivity contribution in [1.82, 2.24) is 0 Å². The number of unbranched alkanes of at least 4 members (excludes halogenated alkanes) is 1. The fourth-order valence-corrected chi connectivity index (χ4v) is 0.661. The molecule has 0 amide bonds. The number of hydrogen-bond acceptors (Lipinski definition) is 4. The summed E-state index contributed by atoms with van der Waals surface area (Å²) in [4.78, 5) is 0. The van der Waals surface area contributed by atoms with Crippen LogP contribution < -0.4 is 11.5 Å². The minimum absolute atomic E-state index is 0.123. The fraction of sp³-hybridized carbons (Fsp3) is 0.750. The molecule has 0 spiro atoms. The second-order valence-corrected chi connectivity index (χ2v) is 3.08. The summed E-state index contributed by atoms with van der Waals surface area (Å²) in [5.41, 5.74) is 9.95. The van der Waals surface area contributed by atoms with E-state index in [0.717, 1.165) is 12.8 Å². The molecule has 84 valence electrons. The van der Waals surface area contributed by atoms with Gasteiger partial charge in [0, 0.05) is 0 Å². The van der Waals surface area contributed by atoms with Gasteiger partial charge in [-0.15, -0.1) is 0 Å². The molecule has 0 bridgehead atoms. The van der Waals surface area contributed by atoms with Crippen LogP contribution >= 0.6 is 24.4 Å². The van der Waals surface area contributed by atoms with Gasteiger partial charge >= 0.3 is 0 Å². The Kier molecular flexibility index (Phi) is 14.0. The molecule has 4 nitrogen and oxygen atoms in total. The topological polar surface area (TPSA) is 70.5 Å². The normalized spacial score (nSPS) is 8.14. The van der Waals surface area contributed by atoms with Gasteiger partial charge < -0.3 is 20.9 Å². The molecule has 0 unspecified atom stereocenters. The Morgan fingerprint density at radius 1 is 1.07 bits per heavy atom. The van der Waals surface area contributed by atoms with E-state index in [4.69, 9.17) is 16.2 Å². The van der Waals surface area contributed by atoms with Crippen LogP contribution in [0.25, 0.3) is 0 Å². The van der Waals surface area contributed by atoms with Crippen LogP contribution in [0.5, 0.6) is 0 Å². The van der Waals surface area contributed by atoms with Gasteiger partial charge in [0.05, 0.1) is 13.2 Å². The van der Waals surface area contributed by atoms with Crippen LogP contribution in [0, 0.1) is 0 Å². The molecule has 0 aliphatic carbocycles. The molecule has 0 aromatic rings. The molecule has 0 heterocycles. The first-order valence-corrected chi connectivity index (χ1v) is 5.20. The lowest BCUT2D eigenvalue weighted by Gasteiger charge is -1.98. The van der Waals surface area contributed by atoms with Crippen molar-refractivity contribution >= 4 is 34.8 Å². The molecule has 0 aromatic carbocycles. The van der Waals surface area contributed by atoms with Gasteiger partial charge in [0.15, 0.2) is 0 Å². The third kappa shape index (κ3) is 22.5. The van der Waals surface area contributed by atoms with E-state index in [1.54, 1.807) is 0 Å². The molecule has 0 aliphatic heterocycles. The third-order valence-corrected chi connectivity index (χ3v) is 1.26. The highest BCUT2D eigenvalue weighted by atomic mass is 32.1. The molecule has 0 rings (SSSR count). The molecule has 0 saturated carbocycles. The number of hydrogen-bond donors (Lipinski definition) is 2. The van der Waals surface area contributed by atoms with E-state index in [2.05, 4.69) is 36.1 Å². The van der Waals surface area contributed by atoms with Crippen LogP contribution in [0.4, 0.5) is 0 Å². The number of ether oxygens (including phenoxy) is 2.